The summed E-state index contributed by atoms with van der Waals surface area (Å²) in [7, 11) is 0. The molecule has 2 unspecified atom stereocenters. The summed E-state index contributed by atoms with van der Waals surface area (Å²) in [5.74, 6) is 1.29. The lowest BCUT2D eigenvalue weighted by Crippen LogP contribution is -2.32. The zero-order chi connectivity index (χ0) is 15.4. The molecule has 0 aromatic carbocycles. The molecular weight excluding hydrogens is 276 g/mol. The molecule has 5 heteroatoms. The van der Waals surface area contributed by atoms with Crippen LogP contribution in [-0.2, 0) is 6.54 Å². The van der Waals surface area contributed by atoms with Crippen molar-refractivity contribution in [1.29, 1.82) is 0 Å². The van der Waals surface area contributed by atoms with Crippen LogP contribution < -0.4 is 10.2 Å². The third-order valence-electron chi connectivity index (χ3n) is 4.87. The van der Waals surface area contributed by atoms with Crippen molar-refractivity contribution in [2.45, 2.75) is 58.1 Å². The van der Waals surface area contributed by atoms with E-state index in [9.17, 15) is 5.11 Å². The van der Waals surface area contributed by atoms with E-state index in [0.29, 0.717) is 5.92 Å². The van der Waals surface area contributed by atoms with Crippen molar-refractivity contribution in [2.24, 2.45) is 5.92 Å². The van der Waals surface area contributed by atoms with Crippen molar-refractivity contribution in [2.75, 3.05) is 24.5 Å². The molecule has 2 atom stereocenters. The van der Waals surface area contributed by atoms with E-state index < -0.39 is 0 Å². The summed E-state index contributed by atoms with van der Waals surface area (Å²) >= 11 is 0. The van der Waals surface area contributed by atoms with Crippen LogP contribution in [0.5, 0.6) is 0 Å². The van der Waals surface area contributed by atoms with Gasteiger partial charge in [0.05, 0.1) is 11.8 Å². The van der Waals surface area contributed by atoms with Crippen molar-refractivity contribution in [3.8, 4) is 0 Å². The molecule has 0 spiro atoms. The summed E-state index contributed by atoms with van der Waals surface area (Å²) in [5, 5.41) is 13.3. The van der Waals surface area contributed by atoms with Gasteiger partial charge in [0.1, 0.15) is 0 Å². The van der Waals surface area contributed by atoms with E-state index in [1.807, 2.05) is 6.92 Å². The van der Waals surface area contributed by atoms with Gasteiger partial charge in [-0.25, -0.2) is 9.97 Å². The van der Waals surface area contributed by atoms with Crippen LogP contribution in [0.15, 0.2) is 6.07 Å². The molecule has 0 bridgehead atoms. The van der Waals surface area contributed by atoms with Crippen molar-refractivity contribution < 1.29 is 5.11 Å². The molecular formula is C17H28N4O. The van der Waals surface area contributed by atoms with Gasteiger partial charge in [-0.2, -0.15) is 0 Å². The number of anilines is 1. The second kappa shape index (κ2) is 7.38. The van der Waals surface area contributed by atoms with Crippen LogP contribution in [0.3, 0.4) is 0 Å². The summed E-state index contributed by atoms with van der Waals surface area (Å²) in [5.41, 5.74) is 2.09. The first-order valence-corrected chi connectivity index (χ1v) is 8.70. The Kier molecular flexibility index (Phi) is 5.26. The maximum Gasteiger partial charge on any atom is 0.225 e. The van der Waals surface area contributed by atoms with Gasteiger partial charge >= 0.3 is 0 Å². The molecule has 122 valence electrons. The standard InChI is InChI=1S/C17H28N4O/c1-13-10-15(12-18-11-14-6-5-7-16(14)22)20-17(19-13)21-8-3-2-4-9-21/h10,14,16,18,22H,2-9,11-12H2,1H3. The average Bonchev–Trinajstić information content (AvgIpc) is 2.93. The molecule has 1 aliphatic carbocycles. The zero-order valence-electron chi connectivity index (χ0n) is 13.6. The quantitative estimate of drug-likeness (QED) is 0.871. The van der Waals surface area contributed by atoms with Crippen LogP contribution in [0.25, 0.3) is 0 Å². The van der Waals surface area contributed by atoms with Gasteiger partial charge < -0.3 is 15.3 Å². The van der Waals surface area contributed by atoms with E-state index in [2.05, 4.69) is 21.3 Å². The first-order valence-electron chi connectivity index (χ1n) is 8.70. The third kappa shape index (κ3) is 3.96. The topological polar surface area (TPSA) is 61.3 Å². The lowest BCUT2D eigenvalue weighted by Gasteiger charge is -2.27. The van der Waals surface area contributed by atoms with E-state index in [1.54, 1.807) is 0 Å². The summed E-state index contributed by atoms with van der Waals surface area (Å²) in [6, 6.07) is 2.06. The normalized spacial score (nSPS) is 25.6. The van der Waals surface area contributed by atoms with Gasteiger partial charge in [-0.3, -0.25) is 0 Å². The van der Waals surface area contributed by atoms with Crippen LogP contribution in [0, 0.1) is 12.8 Å². The van der Waals surface area contributed by atoms with Crippen LogP contribution in [0.4, 0.5) is 5.95 Å². The highest BCUT2D eigenvalue weighted by Gasteiger charge is 2.24. The fraction of sp³-hybridized carbons (Fsp3) is 0.765. The first-order chi connectivity index (χ1) is 10.7. The van der Waals surface area contributed by atoms with Crippen molar-refractivity contribution in [3.63, 3.8) is 0 Å². The molecule has 1 saturated heterocycles. The second-order valence-corrected chi connectivity index (χ2v) is 6.74. The Morgan fingerprint density at radius 2 is 2.00 bits per heavy atom. The molecule has 5 nitrogen and oxygen atoms in total. The number of piperidine rings is 1. The van der Waals surface area contributed by atoms with Crippen LogP contribution in [0.2, 0.25) is 0 Å². The zero-order valence-corrected chi connectivity index (χ0v) is 13.6. The number of nitrogens with one attached hydrogen (secondary N) is 1. The Hall–Kier alpha value is -1.20. The lowest BCUT2D eigenvalue weighted by molar-refractivity contribution is 0.131. The summed E-state index contributed by atoms with van der Waals surface area (Å²) in [6.07, 6.45) is 6.92. The van der Waals surface area contributed by atoms with Crippen molar-refractivity contribution in [1.82, 2.24) is 15.3 Å². The first kappa shape index (κ1) is 15.7. The van der Waals surface area contributed by atoms with Gasteiger partial charge in [0.2, 0.25) is 5.95 Å². The Bertz CT molecular complexity index is 488. The molecule has 1 aliphatic heterocycles. The Balaban J connectivity index is 1.57. The maximum atomic E-state index is 9.87. The summed E-state index contributed by atoms with van der Waals surface area (Å²) < 4.78 is 0. The number of nitrogens with zero attached hydrogens (tertiary/aromatic N) is 3. The predicted molar refractivity (Wildman–Crippen MR) is 87.9 cm³/mol. The van der Waals surface area contributed by atoms with Gasteiger partial charge in [0.25, 0.3) is 0 Å². The van der Waals surface area contributed by atoms with E-state index in [-0.39, 0.29) is 6.10 Å². The molecule has 1 saturated carbocycles. The molecule has 1 aromatic heterocycles. The van der Waals surface area contributed by atoms with Gasteiger partial charge in [-0.15, -0.1) is 0 Å². The van der Waals surface area contributed by atoms with Gasteiger partial charge in [-0.05, 0) is 51.0 Å². The molecule has 2 heterocycles. The van der Waals surface area contributed by atoms with Gasteiger partial charge in [-0.1, -0.05) is 6.42 Å². The molecule has 3 rings (SSSR count). The number of rotatable bonds is 5. The minimum Gasteiger partial charge on any atom is -0.393 e. The highest BCUT2D eigenvalue weighted by molar-refractivity contribution is 5.32. The highest BCUT2D eigenvalue weighted by atomic mass is 16.3. The number of aryl methyl sites for hydroxylation is 1. The van der Waals surface area contributed by atoms with E-state index in [1.165, 1.54) is 19.3 Å². The SMILES string of the molecule is Cc1cc(CNCC2CCCC2O)nc(N2CCCCC2)n1. The number of hydrogen-bond donors (Lipinski definition) is 2. The minimum absolute atomic E-state index is 0.122. The summed E-state index contributed by atoms with van der Waals surface area (Å²) in [6.45, 7) is 5.82. The van der Waals surface area contributed by atoms with Crippen LogP contribution in [-0.4, -0.2) is 40.8 Å². The van der Waals surface area contributed by atoms with Crippen molar-refractivity contribution >= 4 is 5.95 Å². The smallest absolute Gasteiger partial charge is 0.225 e. The fourth-order valence-corrected chi connectivity index (χ4v) is 3.58. The minimum atomic E-state index is -0.122. The van der Waals surface area contributed by atoms with E-state index >= 15 is 0 Å². The molecule has 1 aromatic rings. The van der Waals surface area contributed by atoms with Crippen LogP contribution in [0.1, 0.15) is 49.9 Å². The second-order valence-electron chi connectivity index (χ2n) is 6.74. The third-order valence-corrected chi connectivity index (χ3v) is 4.87. The predicted octanol–water partition coefficient (Wildman–Crippen LogP) is 2.03. The molecule has 0 radical (unpaired) electrons. The number of aliphatic hydroxyl groups is 1. The molecule has 2 aliphatic rings. The molecule has 22 heavy (non-hydrogen) atoms. The monoisotopic (exact) mass is 304 g/mol. The highest BCUT2D eigenvalue weighted by Crippen LogP contribution is 2.24. The van der Waals surface area contributed by atoms with Gasteiger partial charge in [0, 0.05) is 31.9 Å². The largest absolute Gasteiger partial charge is 0.393 e. The number of aliphatic hydroxyl groups excluding tert-OH is 1. The molecule has 0 amide bonds. The molecule has 2 fully saturated rings. The lowest BCUT2D eigenvalue weighted by atomic mass is 10.1. The Morgan fingerprint density at radius 1 is 1.18 bits per heavy atom. The van der Waals surface area contributed by atoms with Gasteiger partial charge in [0.15, 0.2) is 0 Å². The van der Waals surface area contributed by atoms with Crippen molar-refractivity contribution in [3.05, 3.63) is 17.5 Å². The fourth-order valence-electron chi connectivity index (χ4n) is 3.58. The number of hydrogen-bond acceptors (Lipinski definition) is 5. The van der Waals surface area contributed by atoms with E-state index in [0.717, 1.165) is 62.8 Å². The number of aromatic nitrogens is 2. The summed E-state index contributed by atoms with van der Waals surface area (Å²) in [4.78, 5) is 11.6. The molecule has 2 N–H and O–H groups in total. The van der Waals surface area contributed by atoms with E-state index in [4.69, 9.17) is 4.98 Å². The Morgan fingerprint density at radius 3 is 2.73 bits per heavy atom. The Labute approximate surface area is 133 Å². The average molecular weight is 304 g/mol. The maximum absolute atomic E-state index is 9.87. The van der Waals surface area contributed by atoms with Crippen LogP contribution >= 0.6 is 0 Å².